The highest BCUT2D eigenvalue weighted by atomic mass is 35.5. The van der Waals surface area contributed by atoms with Crippen molar-refractivity contribution in [2.24, 2.45) is 0 Å². The molecule has 1 fully saturated rings. The minimum Gasteiger partial charge on any atom is -0.488 e. The molecule has 1 heterocycles. The quantitative estimate of drug-likeness (QED) is 0.381. The lowest BCUT2D eigenvalue weighted by Crippen LogP contribution is -2.38. The van der Waals surface area contributed by atoms with Crippen LogP contribution in [0.1, 0.15) is 16.7 Å². The number of hydrogen-bond acceptors (Lipinski definition) is 4. The van der Waals surface area contributed by atoms with E-state index in [1.54, 1.807) is 42.5 Å². The number of aryl methyl sites for hydroxylation is 1. The Kier molecular flexibility index (Phi) is 6.94. The SMILES string of the molecule is Cc1ccc(NC(=O)CN2C(=O)NC(=Cc3ccccc3OCc3ccccc3Cl)C2=O)cc1. The van der Waals surface area contributed by atoms with Crippen LogP contribution < -0.4 is 15.4 Å². The van der Waals surface area contributed by atoms with Gasteiger partial charge in [-0.1, -0.05) is 65.7 Å². The predicted octanol–water partition coefficient (Wildman–Crippen LogP) is 4.76. The number of hydrogen-bond donors (Lipinski definition) is 2. The number of carbonyl (C=O) groups is 3. The van der Waals surface area contributed by atoms with E-state index in [0.29, 0.717) is 22.0 Å². The molecule has 0 unspecified atom stereocenters. The number of nitrogens with zero attached hydrogens (tertiary/aromatic N) is 1. The Balaban J connectivity index is 1.45. The van der Waals surface area contributed by atoms with Gasteiger partial charge in [0.05, 0.1) is 0 Å². The van der Waals surface area contributed by atoms with E-state index in [1.165, 1.54) is 6.08 Å². The number of amides is 4. The summed E-state index contributed by atoms with van der Waals surface area (Å²) in [4.78, 5) is 38.4. The van der Waals surface area contributed by atoms with Gasteiger partial charge in [0.2, 0.25) is 5.91 Å². The van der Waals surface area contributed by atoms with E-state index < -0.39 is 24.4 Å². The maximum absolute atomic E-state index is 12.8. The third kappa shape index (κ3) is 5.44. The molecule has 1 aliphatic rings. The second-order valence-electron chi connectivity index (χ2n) is 7.71. The molecule has 0 aliphatic carbocycles. The molecule has 8 heteroatoms. The van der Waals surface area contributed by atoms with Crippen LogP contribution in [0.5, 0.6) is 5.75 Å². The Morgan fingerprint density at radius 2 is 1.74 bits per heavy atom. The van der Waals surface area contributed by atoms with Crippen LogP contribution in [0.15, 0.2) is 78.5 Å². The average molecular weight is 476 g/mol. The van der Waals surface area contributed by atoms with Crippen molar-refractivity contribution < 1.29 is 19.1 Å². The zero-order valence-electron chi connectivity index (χ0n) is 18.4. The molecule has 0 radical (unpaired) electrons. The minimum absolute atomic E-state index is 0.0573. The first-order valence-electron chi connectivity index (χ1n) is 10.6. The van der Waals surface area contributed by atoms with E-state index in [1.807, 2.05) is 37.3 Å². The van der Waals surface area contributed by atoms with Gasteiger partial charge in [-0.25, -0.2) is 9.69 Å². The van der Waals surface area contributed by atoms with Crippen molar-refractivity contribution in [1.82, 2.24) is 10.2 Å². The van der Waals surface area contributed by atoms with Crippen LogP contribution in [0.2, 0.25) is 5.02 Å². The van der Waals surface area contributed by atoms with E-state index in [9.17, 15) is 14.4 Å². The molecule has 7 nitrogen and oxygen atoms in total. The lowest BCUT2D eigenvalue weighted by molar-refractivity contribution is -0.127. The van der Waals surface area contributed by atoms with Gasteiger partial charge >= 0.3 is 6.03 Å². The number of ether oxygens (including phenoxy) is 1. The summed E-state index contributed by atoms with van der Waals surface area (Å²) in [6, 6.07) is 21.0. The summed E-state index contributed by atoms with van der Waals surface area (Å²) in [5.41, 5.74) is 3.12. The molecule has 0 bridgehead atoms. The van der Waals surface area contributed by atoms with Gasteiger partial charge in [-0.05, 0) is 37.3 Å². The Bertz CT molecular complexity index is 1270. The standard InChI is InChI=1S/C26H22ClN3O4/c1-17-10-12-20(13-11-17)28-24(31)15-30-25(32)22(29-26(30)33)14-18-6-3-5-9-23(18)34-16-19-7-2-4-8-21(19)27/h2-14H,15-16H2,1H3,(H,28,31)(H,29,33). The lowest BCUT2D eigenvalue weighted by Gasteiger charge is -2.12. The monoisotopic (exact) mass is 475 g/mol. The third-order valence-corrected chi connectivity index (χ3v) is 5.53. The van der Waals surface area contributed by atoms with Crippen molar-refractivity contribution in [2.75, 3.05) is 11.9 Å². The highest BCUT2D eigenvalue weighted by Gasteiger charge is 2.35. The van der Waals surface area contributed by atoms with Gasteiger partial charge in [0.1, 0.15) is 24.6 Å². The van der Waals surface area contributed by atoms with Crippen LogP contribution in [-0.4, -0.2) is 29.3 Å². The van der Waals surface area contributed by atoms with Gasteiger partial charge in [0.15, 0.2) is 0 Å². The molecule has 4 amide bonds. The maximum Gasteiger partial charge on any atom is 0.329 e. The highest BCUT2D eigenvalue weighted by Crippen LogP contribution is 2.25. The minimum atomic E-state index is -0.662. The second-order valence-corrected chi connectivity index (χ2v) is 8.12. The molecule has 0 saturated carbocycles. The molecule has 3 aromatic carbocycles. The Hall–Kier alpha value is -4.10. The van der Waals surface area contributed by atoms with Crippen LogP contribution in [0.3, 0.4) is 0 Å². The largest absolute Gasteiger partial charge is 0.488 e. The summed E-state index contributed by atoms with van der Waals surface area (Å²) in [5, 5.41) is 5.81. The van der Waals surface area contributed by atoms with Gasteiger partial charge in [-0.3, -0.25) is 9.59 Å². The van der Waals surface area contributed by atoms with E-state index >= 15 is 0 Å². The Morgan fingerprint density at radius 1 is 1.03 bits per heavy atom. The summed E-state index contributed by atoms with van der Waals surface area (Å²) in [7, 11) is 0. The van der Waals surface area contributed by atoms with Crippen LogP contribution >= 0.6 is 11.6 Å². The zero-order valence-corrected chi connectivity index (χ0v) is 19.1. The summed E-state index contributed by atoms with van der Waals surface area (Å²) in [5.74, 6) is -0.547. The van der Waals surface area contributed by atoms with Crippen LogP contribution in [-0.2, 0) is 16.2 Å². The first kappa shape index (κ1) is 23.1. The van der Waals surface area contributed by atoms with Gasteiger partial charge in [0, 0.05) is 21.8 Å². The van der Waals surface area contributed by atoms with Gasteiger partial charge < -0.3 is 15.4 Å². The molecular formula is C26H22ClN3O4. The van der Waals surface area contributed by atoms with Crippen molar-refractivity contribution in [3.05, 3.63) is 100 Å². The number of halogens is 1. The average Bonchev–Trinajstić information content (AvgIpc) is 3.08. The van der Waals surface area contributed by atoms with Gasteiger partial charge in [0.25, 0.3) is 5.91 Å². The fourth-order valence-corrected chi connectivity index (χ4v) is 3.54. The molecule has 3 aromatic rings. The first-order valence-corrected chi connectivity index (χ1v) is 10.9. The number of rotatable bonds is 7. The van der Waals surface area contributed by atoms with E-state index in [0.717, 1.165) is 16.0 Å². The molecule has 2 N–H and O–H groups in total. The van der Waals surface area contributed by atoms with Crippen molar-refractivity contribution in [3.8, 4) is 5.75 Å². The number of urea groups is 1. The number of para-hydroxylation sites is 1. The van der Waals surface area contributed by atoms with Crippen LogP contribution in [0.25, 0.3) is 6.08 Å². The van der Waals surface area contributed by atoms with Crippen LogP contribution in [0, 0.1) is 6.92 Å². The lowest BCUT2D eigenvalue weighted by atomic mass is 10.1. The maximum atomic E-state index is 12.8. The summed E-state index contributed by atoms with van der Waals surface area (Å²) < 4.78 is 5.91. The normalized spacial score (nSPS) is 14.3. The third-order valence-electron chi connectivity index (χ3n) is 5.16. The predicted molar refractivity (Wildman–Crippen MR) is 130 cm³/mol. The topological polar surface area (TPSA) is 87.7 Å². The van der Waals surface area contributed by atoms with Crippen molar-refractivity contribution >= 4 is 41.2 Å². The second kappa shape index (κ2) is 10.2. The molecule has 0 spiro atoms. The van der Waals surface area contributed by atoms with Gasteiger partial charge in [-0.2, -0.15) is 0 Å². The smallest absolute Gasteiger partial charge is 0.329 e. The van der Waals surface area contributed by atoms with E-state index in [4.69, 9.17) is 16.3 Å². The van der Waals surface area contributed by atoms with Crippen molar-refractivity contribution in [1.29, 1.82) is 0 Å². The van der Waals surface area contributed by atoms with Crippen molar-refractivity contribution in [3.63, 3.8) is 0 Å². The molecule has 172 valence electrons. The number of benzene rings is 3. The fraction of sp³-hybridized carbons (Fsp3) is 0.115. The summed E-state index contributed by atoms with van der Waals surface area (Å²) in [6.07, 6.45) is 1.53. The highest BCUT2D eigenvalue weighted by molar-refractivity contribution is 6.31. The Morgan fingerprint density at radius 3 is 2.50 bits per heavy atom. The number of anilines is 1. The van der Waals surface area contributed by atoms with Crippen molar-refractivity contribution in [2.45, 2.75) is 13.5 Å². The Labute approximate surface area is 202 Å². The zero-order chi connectivity index (χ0) is 24.1. The van der Waals surface area contributed by atoms with Gasteiger partial charge in [-0.15, -0.1) is 0 Å². The summed E-state index contributed by atoms with van der Waals surface area (Å²) in [6.45, 7) is 1.78. The molecule has 34 heavy (non-hydrogen) atoms. The number of nitrogens with one attached hydrogen (secondary N) is 2. The molecule has 1 saturated heterocycles. The van der Waals surface area contributed by atoms with E-state index in [2.05, 4.69) is 10.6 Å². The number of carbonyl (C=O) groups excluding carboxylic acids is 3. The number of imide groups is 1. The molecular weight excluding hydrogens is 454 g/mol. The molecule has 0 aromatic heterocycles. The molecule has 4 rings (SSSR count). The summed E-state index contributed by atoms with van der Waals surface area (Å²) >= 11 is 6.20. The first-order chi connectivity index (χ1) is 16.4. The molecule has 0 atom stereocenters. The molecule has 1 aliphatic heterocycles. The van der Waals surface area contributed by atoms with Crippen LogP contribution in [0.4, 0.5) is 10.5 Å². The fourth-order valence-electron chi connectivity index (χ4n) is 3.35. The van der Waals surface area contributed by atoms with E-state index in [-0.39, 0.29) is 12.3 Å².